The molecule has 0 bridgehead atoms. The summed E-state index contributed by atoms with van der Waals surface area (Å²) in [5.74, 6) is -0.934. The van der Waals surface area contributed by atoms with Crippen molar-refractivity contribution in [3.05, 3.63) is 98.4 Å². The number of anilines is 1. The van der Waals surface area contributed by atoms with Crippen LogP contribution in [0, 0.1) is 0 Å². The van der Waals surface area contributed by atoms with Crippen LogP contribution in [0.1, 0.15) is 11.1 Å². The molecule has 1 atom stereocenters. The molecule has 0 fully saturated rings. The van der Waals surface area contributed by atoms with Gasteiger partial charge in [-0.1, -0.05) is 75.5 Å². The Bertz CT molecular complexity index is 1360. The fourth-order valence-electron chi connectivity index (χ4n) is 3.78. The molecular formula is C26H26BrCl2N3O4S. The summed E-state index contributed by atoms with van der Waals surface area (Å²) in [6, 6.07) is 19.9. The minimum atomic E-state index is -3.82. The quantitative estimate of drug-likeness (QED) is 0.347. The first kappa shape index (κ1) is 29.0. The Morgan fingerprint density at radius 3 is 2.16 bits per heavy atom. The molecule has 7 nitrogen and oxygen atoms in total. The van der Waals surface area contributed by atoms with Gasteiger partial charge in [0.15, 0.2) is 0 Å². The number of carbonyl (C=O) groups excluding carboxylic acids is 2. The first-order valence-electron chi connectivity index (χ1n) is 11.2. The van der Waals surface area contributed by atoms with Crippen LogP contribution < -0.4 is 9.62 Å². The third kappa shape index (κ3) is 7.95. The van der Waals surface area contributed by atoms with Crippen molar-refractivity contribution in [1.82, 2.24) is 10.2 Å². The fraction of sp³-hybridized carbons (Fsp3) is 0.231. The molecule has 0 aliphatic rings. The van der Waals surface area contributed by atoms with E-state index >= 15 is 0 Å². The van der Waals surface area contributed by atoms with Crippen LogP contribution in [0.15, 0.2) is 77.3 Å². The highest BCUT2D eigenvalue weighted by molar-refractivity contribution is 9.10. The van der Waals surface area contributed by atoms with E-state index in [9.17, 15) is 18.0 Å². The molecule has 196 valence electrons. The summed E-state index contributed by atoms with van der Waals surface area (Å²) >= 11 is 15.6. The third-order valence-electron chi connectivity index (χ3n) is 5.65. The van der Waals surface area contributed by atoms with E-state index in [1.54, 1.807) is 42.5 Å². The molecule has 0 heterocycles. The van der Waals surface area contributed by atoms with Crippen molar-refractivity contribution in [2.75, 3.05) is 24.2 Å². The number of nitrogens with zero attached hydrogens (tertiary/aromatic N) is 2. The van der Waals surface area contributed by atoms with Crippen molar-refractivity contribution in [3.8, 4) is 0 Å². The van der Waals surface area contributed by atoms with Gasteiger partial charge in [-0.25, -0.2) is 8.42 Å². The molecule has 0 aliphatic heterocycles. The highest BCUT2D eigenvalue weighted by Crippen LogP contribution is 2.25. The average molecular weight is 627 g/mol. The minimum Gasteiger partial charge on any atom is -0.357 e. The van der Waals surface area contributed by atoms with Gasteiger partial charge in [-0.05, 0) is 47.5 Å². The number of hydrogen-bond acceptors (Lipinski definition) is 4. The SMILES string of the molecule is CNC(=O)C(Cc1ccccc1)N(Cc1ccc(Cl)c(Cl)c1)C(=O)CN(c1ccc(Br)cc1)S(C)(=O)=O. The summed E-state index contributed by atoms with van der Waals surface area (Å²) in [5.41, 5.74) is 1.81. The number of amides is 2. The molecule has 3 aromatic rings. The van der Waals surface area contributed by atoms with E-state index in [0.29, 0.717) is 21.3 Å². The van der Waals surface area contributed by atoms with Gasteiger partial charge in [-0.2, -0.15) is 0 Å². The lowest BCUT2D eigenvalue weighted by molar-refractivity contribution is -0.139. The molecule has 37 heavy (non-hydrogen) atoms. The van der Waals surface area contributed by atoms with Crippen LogP contribution in [0.5, 0.6) is 0 Å². The van der Waals surface area contributed by atoms with E-state index in [1.165, 1.54) is 11.9 Å². The molecule has 0 aliphatic carbocycles. The highest BCUT2D eigenvalue weighted by Gasteiger charge is 2.32. The summed E-state index contributed by atoms with van der Waals surface area (Å²) < 4.78 is 27.2. The van der Waals surface area contributed by atoms with Gasteiger partial charge in [-0.3, -0.25) is 13.9 Å². The lowest BCUT2D eigenvalue weighted by Gasteiger charge is -2.33. The highest BCUT2D eigenvalue weighted by atomic mass is 79.9. The van der Waals surface area contributed by atoms with Crippen LogP contribution in [-0.4, -0.2) is 51.0 Å². The second-order valence-electron chi connectivity index (χ2n) is 8.34. The first-order valence-corrected chi connectivity index (χ1v) is 14.6. The van der Waals surface area contributed by atoms with Gasteiger partial charge in [0.1, 0.15) is 12.6 Å². The zero-order valence-corrected chi connectivity index (χ0v) is 24.1. The monoisotopic (exact) mass is 625 g/mol. The van der Waals surface area contributed by atoms with Crippen LogP contribution in [0.3, 0.4) is 0 Å². The molecule has 1 unspecified atom stereocenters. The number of likely N-dealkylation sites (N-methyl/N-ethyl adjacent to an activating group) is 1. The predicted octanol–water partition coefficient (Wildman–Crippen LogP) is 4.91. The normalized spacial score (nSPS) is 12.0. The van der Waals surface area contributed by atoms with E-state index in [2.05, 4.69) is 21.2 Å². The smallest absolute Gasteiger partial charge is 0.244 e. The van der Waals surface area contributed by atoms with E-state index in [-0.39, 0.29) is 18.9 Å². The Morgan fingerprint density at radius 1 is 0.946 bits per heavy atom. The van der Waals surface area contributed by atoms with Crippen molar-refractivity contribution in [2.24, 2.45) is 0 Å². The van der Waals surface area contributed by atoms with Gasteiger partial charge in [0.05, 0.1) is 22.0 Å². The molecule has 1 N–H and O–H groups in total. The van der Waals surface area contributed by atoms with Gasteiger partial charge in [0.2, 0.25) is 21.8 Å². The average Bonchev–Trinajstić information content (AvgIpc) is 2.86. The van der Waals surface area contributed by atoms with Gasteiger partial charge in [0.25, 0.3) is 0 Å². The van der Waals surface area contributed by atoms with Gasteiger partial charge < -0.3 is 10.2 Å². The Morgan fingerprint density at radius 2 is 1.59 bits per heavy atom. The Hall–Kier alpha value is -2.59. The second kappa shape index (κ2) is 12.8. The molecule has 0 saturated heterocycles. The topological polar surface area (TPSA) is 86.8 Å². The van der Waals surface area contributed by atoms with Gasteiger partial charge in [-0.15, -0.1) is 0 Å². The first-order chi connectivity index (χ1) is 17.5. The number of rotatable bonds is 10. The fourth-order valence-corrected chi connectivity index (χ4v) is 5.21. The Balaban J connectivity index is 2.03. The lowest BCUT2D eigenvalue weighted by atomic mass is 10.0. The largest absolute Gasteiger partial charge is 0.357 e. The third-order valence-corrected chi connectivity index (χ3v) is 8.06. The van der Waals surface area contributed by atoms with E-state index in [0.717, 1.165) is 20.6 Å². The standard InChI is InChI=1S/C26H26BrCl2N3O4S/c1-30-26(34)24(15-18-6-4-3-5-7-18)31(16-19-8-13-22(28)23(29)14-19)25(33)17-32(37(2,35)36)21-11-9-20(27)10-12-21/h3-14,24H,15-17H2,1-2H3,(H,30,34). The van der Waals surface area contributed by atoms with E-state index in [1.807, 2.05) is 30.3 Å². The number of benzene rings is 3. The van der Waals surface area contributed by atoms with Crippen LogP contribution >= 0.6 is 39.1 Å². The maximum atomic E-state index is 13.8. The number of sulfonamides is 1. The van der Waals surface area contributed by atoms with Gasteiger partial charge >= 0.3 is 0 Å². The second-order valence-corrected chi connectivity index (χ2v) is 12.0. The number of carbonyl (C=O) groups is 2. The molecule has 2 amide bonds. The molecule has 0 aromatic heterocycles. The van der Waals surface area contributed by atoms with Gasteiger partial charge in [0, 0.05) is 24.5 Å². The van der Waals surface area contributed by atoms with Crippen LogP contribution in [-0.2, 0) is 32.6 Å². The zero-order valence-electron chi connectivity index (χ0n) is 20.2. The van der Waals surface area contributed by atoms with Crippen LogP contribution in [0.2, 0.25) is 10.0 Å². The maximum absolute atomic E-state index is 13.8. The minimum absolute atomic E-state index is 0.0125. The summed E-state index contributed by atoms with van der Waals surface area (Å²) in [6.07, 6.45) is 1.26. The summed E-state index contributed by atoms with van der Waals surface area (Å²) in [6.45, 7) is -0.483. The predicted molar refractivity (Wildman–Crippen MR) is 151 cm³/mol. The van der Waals surface area contributed by atoms with E-state index < -0.39 is 28.5 Å². The Kier molecular flexibility index (Phi) is 10.0. The summed E-state index contributed by atoms with van der Waals surface area (Å²) in [5, 5.41) is 3.29. The molecule has 0 radical (unpaired) electrons. The molecule has 11 heteroatoms. The zero-order chi connectivity index (χ0) is 27.2. The van der Waals surface area contributed by atoms with Crippen molar-refractivity contribution in [2.45, 2.75) is 19.0 Å². The molecular weight excluding hydrogens is 601 g/mol. The molecule has 0 saturated carbocycles. The number of nitrogens with one attached hydrogen (secondary N) is 1. The van der Waals surface area contributed by atoms with Crippen molar-refractivity contribution < 1.29 is 18.0 Å². The van der Waals surface area contributed by atoms with Crippen LogP contribution in [0.4, 0.5) is 5.69 Å². The molecule has 3 aromatic carbocycles. The summed E-state index contributed by atoms with van der Waals surface area (Å²) in [4.78, 5) is 28.3. The van der Waals surface area contributed by atoms with E-state index in [4.69, 9.17) is 23.2 Å². The molecule has 3 rings (SSSR count). The van der Waals surface area contributed by atoms with Crippen molar-refractivity contribution >= 4 is 66.7 Å². The van der Waals surface area contributed by atoms with Crippen molar-refractivity contribution in [3.63, 3.8) is 0 Å². The number of hydrogen-bond donors (Lipinski definition) is 1. The number of halogens is 3. The summed E-state index contributed by atoms with van der Waals surface area (Å²) in [7, 11) is -2.33. The van der Waals surface area contributed by atoms with Crippen molar-refractivity contribution in [1.29, 1.82) is 0 Å². The molecule has 0 spiro atoms. The lowest BCUT2D eigenvalue weighted by Crippen LogP contribution is -2.52. The van der Waals surface area contributed by atoms with Crippen LogP contribution in [0.25, 0.3) is 0 Å². The maximum Gasteiger partial charge on any atom is 0.244 e. The Labute approximate surface area is 235 Å².